The summed E-state index contributed by atoms with van der Waals surface area (Å²) in [7, 11) is 0. The number of fused-ring (bicyclic) bond motifs is 1. The molecule has 2 aliphatic heterocycles. The second kappa shape index (κ2) is 6.33. The minimum atomic E-state index is 0.159. The Kier molecular flexibility index (Phi) is 4.44. The van der Waals surface area contributed by atoms with Gasteiger partial charge in [-0.05, 0) is 63.6 Å². The lowest BCUT2D eigenvalue weighted by atomic mass is 9.99. The molecule has 3 nitrogen and oxygen atoms in total. The van der Waals surface area contributed by atoms with Crippen LogP contribution in [0, 0.1) is 0 Å². The van der Waals surface area contributed by atoms with Gasteiger partial charge in [-0.1, -0.05) is 24.6 Å². The number of allylic oxidation sites excluding steroid dienone is 2. The molecule has 0 aliphatic carbocycles. The molecule has 2 unspecified atom stereocenters. The number of rotatable bonds is 7. The Balaban J connectivity index is 1.42. The van der Waals surface area contributed by atoms with Crippen molar-refractivity contribution in [2.45, 2.75) is 64.6 Å². The van der Waals surface area contributed by atoms with Crippen LogP contribution in [-0.4, -0.2) is 18.5 Å². The Morgan fingerprint density at radius 1 is 1.32 bits per heavy atom. The van der Waals surface area contributed by atoms with Gasteiger partial charge in [0.1, 0.15) is 0 Å². The molecule has 1 saturated heterocycles. The van der Waals surface area contributed by atoms with Crippen molar-refractivity contribution in [2.24, 2.45) is 0 Å². The van der Waals surface area contributed by atoms with E-state index in [1.807, 2.05) is 6.07 Å². The van der Waals surface area contributed by atoms with Crippen LogP contribution in [-0.2, 0) is 11.2 Å². The van der Waals surface area contributed by atoms with Gasteiger partial charge in [0.05, 0.1) is 11.7 Å². The second-order valence-electron chi connectivity index (χ2n) is 6.59. The molecule has 2 aliphatic rings. The first-order chi connectivity index (χ1) is 10.6. The zero-order chi connectivity index (χ0) is 15.6. The highest BCUT2D eigenvalue weighted by Gasteiger charge is 2.49. The number of hydrogen-bond acceptors (Lipinski definition) is 3. The van der Waals surface area contributed by atoms with Crippen LogP contribution in [0.15, 0.2) is 29.8 Å². The minimum absolute atomic E-state index is 0.159. The summed E-state index contributed by atoms with van der Waals surface area (Å²) < 4.78 is 16.5. The summed E-state index contributed by atoms with van der Waals surface area (Å²) in [6, 6.07) is 6.22. The maximum Gasteiger partial charge on any atom is 0.231 e. The zero-order valence-corrected chi connectivity index (χ0v) is 13.9. The monoisotopic (exact) mass is 302 g/mol. The summed E-state index contributed by atoms with van der Waals surface area (Å²) in [4.78, 5) is 0. The average Bonchev–Trinajstić information content (AvgIpc) is 2.95. The molecule has 0 N–H and O–H groups in total. The molecule has 2 atom stereocenters. The van der Waals surface area contributed by atoms with Crippen molar-refractivity contribution < 1.29 is 14.2 Å². The van der Waals surface area contributed by atoms with Gasteiger partial charge in [0.25, 0.3) is 0 Å². The average molecular weight is 302 g/mol. The van der Waals surface area contributed by atoms with Crippen LogP contribution < -0.4 is 9.47 Å². The van der Waals surface area contributed by atoms with Gasteiger partial charge in [-0.2, -0.15) is 0 Å². The van der Waals surface area contributed by atoms with Crippen LogP contribution >= 0.6 is 0 Å². The van der Waals surface area contributed by atoms with Crippen molar-refractivity contribution in [3.63, 3.8) is 0 Å². The highest BCUT2D eigenvalue weighted by atomic mass is 16.7. The first-order valence-electron chi connectivity index (χ1n) is 8.33. The van der Waals surface area contributed by atoms with E-state index in [1.165, 1.54) is 11.1 Å². The van der Waals surface area contributed by atoms with Crippen molar-refractivity contribution in [2.75, 3.05) is 6.79 Å². The van der Waals surface area contributed by atoms with Crippen LogP contribution in [0.4, 0.5) is 0 Å². The molecule has 0 bridgehead atoms. The molecule has 0 aromatic heterocycles. The summed E-state index contributed by atoms with van der Waals surface area (Å²) >= 11 is 0. The zero-order valence-electron chi connectivity index (χ0n) is 13.9. The predicted molar refractivity (Wildman–Crippen MR) is 87.4 cm³/mol. The highest BCUT2D eigenvalue weighted by Crippen LogP contribution is 2.42. The van der Waals surface area contributed by atoms with Crippen LogP contribution in [0.2, 0.25) is 0 Å². The van der Waals surface area contributed by atoms with E-state index in [9.17, 15) is 0 Å². The van der Waals surface area contributed by atoms with E-state index in [4.69, 9.17) is 14.2 Å². The molecule has 3 rings (SSSR count). The first-order valence-corrected chi connectivity index (χ1v) is 8.33. The van der Waals surface area contributed by atoms with Crippen molar-refractivity contribution in [3.05, 3.63) is 35.4 Å². The van der Waals surface area contributed by atoms with E-state index < -0.39 is 0 Å². The van der Waals surface area contributed by atoms with Crippen LogP contribution in [0.1, 0.15) is 52.0 Å². The predicted octanol–water partition coefficient (Wildman–Crippen LogP) is 4.64. The van der Waals surface area contributed by atoms with Gasteiger partial charge in [0, 0.05) is 0 Å². The van der Waals surface area contributed by atoms with Gasteiger partial charge < -0.3 is 14.2 Å². The number of hydrogen-bond donors (Lipinski definition) is 0. The van der Waals surface area contributed by atoms with Gasteiger partial charge in [-0.25, -0.2) is 0 Å². The van der Waals surface area contributed by atoms with Crippen LogP contribution in [0.3, 0.4) is 0 Å². The van der Waals surface area contributed by atoms with Crippen molar-refractivity contribution in [1.29, 1.82) is 0 Å². The number of benzene rings is 1. The molecule has 0 saturated carbocycles. The maximum atomic E-state index is 5.77. The summed E-state index contributed by atoms with van der Waals surface area (Å²) in [6.07, 6.45) is 8.34. The fourth-order valence-electron chi connectivity index (χ4n) is 3.01. The minimum Gasteiger partial charge on any atom is -0.454 e. The lowest BCUT2D eigenvalue weighted by Crippen LogP contribution is -2.07. The SMILES string of the molecule is CCC1(C)OC1CCC(C)=CCCc1ccc2c(c1)OCO2. The van der Waals surface area contributed by atoms with E-state index in [1.54, 1.807) is 0 Å². The van der Waals surface area contributed by atoms with Gasteiger partial charge in [0.2, 0.25) is 6.79 Å². The molecule has 22 heavy (non-hydrogen) atoms. The van der Waals surface area contributed by atoms with Crippen LogP contribution in [0.5, 0.6) is 11.5 Å². The molecule has 0 amide bonds. The molecule has 0 spiro atoms. The Morgan fingerprint density at radius 2 is 2.14 bits per heavy atom. The third-order valence-corrected chi connectivity index (χ3v) is 4.90. The smallest absolute Gasteiger partial charge is 0.231 e. The number of ether oxygens (including phenoxy) is 3. The summed E-state index contributed by atoms with van der Waals surface area (Å²) in [5.74, 6) is 1.74. The van der Waals surface area contributed by atoms with Gasteiger partial charge in [-0.15, -0.1) is 0 Å². The van der Waals surface area contributed by atoms with Crippen LogP contribution in [0.25, 0.3) is 0 Å². The Hall–Kier alpha value is -1.48. The Labute approximate surface area is 133 Å². The molecular weight excluding hydrogens is 276 g/mol. The van der Waals surface area contributed by atoms with E-state index in [0.29, 0.717) is 12.9 Å². The first kappa shape index (κ1) is 15.4. The summed E-state index contributed by atoms with van der Waals surface area (Å²) in [6.45, 7) is 6.99. The van der Waals surface area contributed by atoms with Crippen molar-refractivity contribution >= 4 is 0 Å². The molecule has 120 valence electrons. The topological polar surface area (TPSA) is 31.0 Å². The Bertz CT molecular complexity index is 564. The number of aryl methyl sites for hydroxylation is 1. The van der Waals surface area contributed by atoms with E-state index in [0.717, 1.165) is 43.6 Å². The number of epoxide rings is 1. The normalized spacial score (nSPS) is 26.3. The molecular formula is C19H26O3. The Morgan fingerprint density at radius 3 is 2.91 bits per heavy atom. The largest absolute Gasteiger partial charge is 0.454 e. The highest BCUT2D eigenvalue weighted by molar-refractivity contribution is 5.44. The third kappa shape index (κ3) is 3.46. The van der Waals surface area contributed by atoms with Gasteiger partial charge in [0.15, 0.2) is 11.5 Å². The molecule has 3 heteroatoms. The van der Waals surface area contributed by atoms with Gasteiger partial charge in [-0.3, -0.25) is 0 Å². The quantitative estimate of drug-likeness (QED) is 0.543. The van der Waals surface area contributed by atoms with Gasteiger partial charge >= 0.3 is 0 Å². The van der Waals surface area contributed by atoms with E-state index in [2.05, 4.69) is 39.0 Å². The van der Waals surface area contributed by atoms with E-state index in [-0.39, 0.29) is 5.60 Å². The molecule has 1 aromatic carbocycles. The molecule has 1 fully saturated rings. The maximum absolute atomic E-state index is 5.77. The molecule has 2 heterocycles. The van der Waals surface area contributed by atoms with E-state index >= 15 is 0 Å². The summed E-state index contributed by atoms with van der Waals surface area (Å²) in [5, 5.41) is 0. The lowest BCUT2D eigenvalue weighted by molar-refractivity contribution is 0.174. The standard InChI is InChI=1S/C19H26O3/c1-4-19(3)18(22-19)11-8-14(2)6-5-7-15-9-10-16-17(12-15)21-13-20-16/h6,9-10,12,18H,4-5,7-8,11,13H2,1-3H3. The fourth-order valence-corrected chi connectivity index (χ4v) is 3.01. The molecule has 1 aromatic rings. The second-order valence-corrected chi connectivity index (χ2v) is 6.59. The van der Waals surface area contributed by atoms with Crippen molar-refractivity contribution in [3.8, 4) is 11.5 Å². The lowest BCUT2D eigenvalue weighted by Gasteiger charge is -2.04. The third-order valence-electron chi connectivity index (χ3n) is 4.90. The fraction of sp³-hybridized carbons (Fsp3) is 0.579. The van der Waals surface area contributed by atoms with Crippen molar-refractivity contribution in [1.82, 2.24) is 0 Å². The molecule has 0 radical (unpaired) electrons. The summed E-state index contributed by atoms with van der Waals surface area (Å²) in [5.41, 5.74) is 2.93.